The van der Waals surface area contributed by atoms with Gasteiger partial charge in [-0.15, -0.1) is 0 Å². The maximum atomic E-state index is 14.9. The molecule has 6 atom stereocenters. The van der Waals surface area contributed by atoms with Crippen LogP contribution in [-0.4, -0.2) is 62.3 Å². The minimum atomic E-state index is -1.64. The molecule has 0 unspecified atom stereocenters. The Hall–Kier alpha value is -2.07. The first-order chi connectivity index (χ1) is 14.7. The van der Waals surface area contributed by atoms with Gasteiger partial charge in [0.1, 0.15) is 36.0 Å². The standard InChI is InChI=1S/C23H29FO7/c1-3-13-4-6-14(7-5-13)8-16-17(24)9-15(11-25)10-18(16)30-23-21(29)19(27)20(28)22(31-23)12(2)26/h4-7,9-10,12,19-23,25-29H,3,8,11H2,1-2H3/t12-,19+,20+,21-,22-,23-/m1/s1. The largest absolute Gasteiger partial charge is 0.462 e. The third-order valence-corrected chi connectivity index (χ3v) is 5.53. The van der Waals surface area contributed by atoms with Gasteiger partial charge >= 0.3 is 0 Å². The number of aliphatic hydroxyl groups is 5. The van der Waals surface area contributed by atoms with Gasteiger partial charge in [0, 0.05) is 12.0 Å². The van der Waals surface area contributed by atoms with E-state index in [9.17, 15) is 29.9 Å². The molecule has 1 aliphatic rings. The van der Waals surface area contributed by atoms with Crippen molar-refractivity contribution in [1.29, 1.82) is 0 Å². The van der Waals surface area contributed by atoms with Crippen LogP contribution in [0.25, 0.3) is 0 Å². The molecule has 1 saturated heterocycles. The fourth-order valence-electron chi connectivity index (χ4n) is 3.62. The highest BCUT2D eigenvalue weighted by Crippen LogP contribution is 2.31. The first kappa shape index (κ1) is 23.6. The van der Waals surface area contributed by atoms with Gasteiger partial charge in [-0.2, -0.15) is 0 Å². The fraction of sp³-hybridized carbons (Fsp3) is 0.478. The summed E-state index contributed by atoms with van der Waals surface area (Å²) in [7, 11) is 0. The number of aryl methyl sites for hydroxylation is 1. The second kappa shape index (κ2) is 10.0. The highest BCUT2D eigenvalue weighted by atomic mass is 19.1. The predicted molar refractivity (Wildman–Crippen MR) is 110 cm³/mol. The van der Waals surface area contributed by atoms with Crippen molar-refractivity contribution in [3.05, 3.63) is 64.5 Å². The van der Waals surface area contributed by atoms with E-state index in [4.69, 9.17) is 9.47 Å². The lowest BCUT2D eigenvalue weighted by Crippen LogP contribution is -2.61. The molecule has 2 aromatic rings. The first-order valence-corrected chi connectivity index (χ1v) is 10.3. The number of aliphatic hydroxyl groups excluding tert-OH is 5. The molecule has 1 aliphatic heterocycles. The third-order valence-electron chi connectivity index (χ3n) is 5.53. The van der Waals surface area contributed by atoms with E-state index >= 15 is 0 Å². The number of ether oxygens (including phenoxy) is 2. The van der Waals surface area contributed by atoms with E-state index in [-0.39, 0.29) is 23.3 Å². The van der Waals surface area contributed by atoms with E-state index in [0.29, 0.717) is 0 Å². The fourth-order valence-corrected chi connectivity index (χ4v) is 3.62. The van der Waals surface area contributed by atoms with Gasteiger partial charge in [-0.05, 0) is 42.2 Å². The van der Waals surface area contributed by atoms with Crippen LogP contribution >= 0.6 is 0 Å². The summed E-state index contributed by atoms with van der Waals surface area (Å²) in [5, 5.41) is 49.8. The third kappa shape index (κ3) is 5.23. The molecule has 3 rings (SSSR count). The molecular formula is C23H29FO7. The zero-order valence-corrected chi connectivity index (χ0v) is 17.5. The van der Waals surface area contributed by atoms with Crippen LogP contribution in [0.15, 0.2) is 36.4 Å². The molecule has 1 fully saturated rings. The van der Waals surface area contributed by atoms with Gasteiger partial charge in [-0.25, -0.2) is 4.39 Å². The van der Waals surface area contributed by atoms with E-state index in [1.807, 2.05) is 31.2 Å². The lowest BCUT2D eigenvalue weighted by atomic mass is 9.96. The number of hydrogen-bond acceptors (Lipinski definition) is 7. The van der Waals surface area contributed by atoms with E-state index in [1.165, 1.54) is 19.1 Å². The molecule has 0 radical (unpaired) electrons. The molecule has 0 bridgehead atoms. The Morgan fingerprint density at radius 2 is 1.65 bits per heavy atom. The Bertz CT molecular complexity index is 871. The summed E-state index contributed by atoms with van der Waals surface area (Å²) >= 11 is 0. The molecule has 0 amide bonds. The zero-order chi connectivity index (χ0) is 22.7. The molecule has 31 heavy (non-hydrogen) atoms. The molecule has 0 aliphatic carbocycles. The van der Waals surface area contributed by atoms with Gasteiger partial charge in [-0.3, -0.25) is 0 Å². The van der Waals surface area contributed by atoms with Gasteiger partial charge < -0.3 is 35.0 Å². The van der Waals surface area contributed by atoms with Crippen molar-refractivity contribution >= 4 is 0 Å². The minimum Gasteiger partial charge on any atom is -0.462 e. The molecule has 7 nitrogen and oxygen atoms in total. The Morgan fingerprint density at radius 1 is 1.00 bits per heavy atom. The molecule has 5 N–H and O–H groups in total. The summed E-state index contributed by atoms with van der Waals surface area (Å²) in [4.78, 5) is 0. The summed E-state index contributed by atoms with van der Waals surface area (Å²) in [6, 6.07) is 10.3. The second-order valence-electron chi connectivity index (χ2n) is 7.86. The highest BCUT2D eigenvalue weighted by molar-refractivity contribution is 5.42. The molecule has 0 spiro atoms. The van der Waals surface area contributed by atoms with Gasteiger partial charge in [0.25, 0.3) is 0 Å². The summed E-state index contributed by atoms with van der Waals surface area (Å²) in [6.07, 6.45) is -7.55. The Kier molecular flexibility index (Phi) is 7.64. The van der Waals surface area contributed by atoms with E-state index in [2.05, 4.69) is 0 Å². The van der Waals surface area contributed by atoms with Crippen molar-refractivity contribution in [1.82, 2.24) is 0 Å². The van der Waals surface area contributed by atoms with Crippen LogP contribution in [0.5, 0.6) is 5.75 Å². The average Bonchev–Trinajstić information content (AvgIpc) is 2.76. The van der Waals surface area contributed by atoms with Crippen LogP contribution < -0.4 is 4.74 Å². The Balaban J connectivity index is 1.92. The van der Waals surface area contributed by atoms with Gasteiger partial charge in [0.15, 0.2) is 0 Å². The lowest BCUT2D eigenvalue weighted by molar-refractivity contribution is -0.286. The van der Waals surface area contributed by atoms with E-state index in [0.717, 1.165) is 17.5 Å². The number of hydrogen-bond donors (Lipinski definition) is 5. The smallest absolute Gasteiger partial charge is 0.229 e. The van der Waals surface area contributed by atoms with Gasteiger partial charge in [-0.1, -0.05) is 31.2 Å². The van der Waals surface area contributed by atoms with Crippen molar-refractivity contribution in [2.75, 3.05) is 0 Å². The molecule has 8 heteroatoms. The van der Waals surface area contributed by atoms with Gasteiger partial charge in [0.2, 0.25) is 6.29 Å². The molecule has 2 aromatic carbocycles. The van der Waals surface area contributed by atoms with Crippen LogP contribution in [0.2, 0.25) is 0 Å². The number of rotatable bonds is 7. The molecular weight excluding hydrogens is 407 g/mol. The number of halogens is 1. The molecule has 170 valence electrons. The summed E-state index contributed by atoms with van der Waals surface area (Å²) in [5.74, 6) is -0.570. The predicted octanol–water partition coefficient (Wildman–Crippen LogP) is 1.04. The summed E-state index contributed by atoms with van der Waals surface area (Å²) in [5.41, 5.74) is 2.42. The topological polar surface area (TPSA) is 120 Å². The Morgan fingerprint density at radius 3 is 2.23 bits per heavy atom. The van der Waals surface area contributed by atoms with Crippen LogP contribution in [0.1, 0.15) is 36.1 Å². The van der Waals surface area contributed by atoms with Crippen molar-refractivity contribution in [2.24, 2.45) is 0 Å². The van der Waals surface area contributed by atoms with Crippen molar-refractivity contribution in [3.8, 4) is 5.75 Å². The van der Waals surface area contributed by atoms with Crippen LogP contribution in [-0.2, 0) is 24.2 Å². The molecule has 0 saturated carbocycles. The van der Waals surface area contributed by atoms with Crippen LogP contribution in [0.4, 0.5) is 4.39 Å². The van der Waals surface area contributed by atoms with E-state index in [1.54, 1.807) is 0 Å². The quantitative estimate of drug-likeness (QED) is 0.440. The Labute approximate surface area is 180 Å². The normalized spacial score (nSPS) is 27.2. The van der Waals surface area contributed by atoms with Crippen molar-refractivity contribution in [3.63, 3.8) is 0 Å². The SMILES string of the molecule is CCc1ccc(Cc2c(F)cc(CO)cc2O[C@@H]2O[C@H]([C@@H](C)O)[C@@H](O)[C@H](O)[C@H]2O)cc1. The summed E-state index contributed by atoms with van der Waals surface area (Å²) in [6.45, 7) is 2.98. The highest BCUT2D eigenvalue weighted by Gasteiger charge is 2.46. The monoisotopic (exact) mass is 436 g/mol. The number of benzene rings is 2. The van der Waals surface area contributed by atoms with Crippen molar-refractivity contribution < 1.29 is 39.4 Å². The van der Waals surface area contributed by atoms with Crippen LogP contribution in [0.3, 0.4) is 0 Å². The maximum absolute atomic E-state index is 14.9. The lowest BCUT2D eigenvalue weighted by Gasteiger charge is -2.41. The second-order valence-corrected chi connectivity index (χ2v) is 7.86. The zero-order valence-electron chi connectivity index (χ0n) is 17.5. The average molecular weight is 436 g/mol. The first-order valence-electron chi connectivity index (χ1n) is 10.3. The molecule has 0 aromatic heterocycles. The minimum absolute atomic E-state index is 0.0283. The van der Waals surface area contributed by atoms with Crippen molar-refractivity contribution in [2.45, 2.75) is 70.1 Å². The van der Waals surface area contributed by atoms with Gasteiger partial charge in [0.05, 0.1) is 12.7 Å². The van der Waals surface area contributed by atoms with Crippen LogP contribution in [0, 0.1) is 5.82 Å². The van der Waals surface area contributed by atoms with E-state index < -0.39 is 49.2 Å². The molecule has 1 heterocycles. The maximum Gasteiger partial charge on any atom is 0.229 e. The summed E-state index contributed by atoms with van der Waals surface area (Å²) < 4.78 is 26.1.